The van der Waals surface area contributed by atoms with Crippen LogP contribution in [-0.4, -0.2) is 24.5 Å². The second kappa shape index (κ2) is 3.22. The van der Waals surface area contributed by atoms with Crippen molar-refractivity contribution in [3.05, 3.63) is 0 Å². The summed E-state index contributed by atoms with van der Waals surface area (Å²) in [4.78, 5) is 16.1. The maximum atomic E-state index is 12.1. The summed E-state index contributed by atoms with van der Waals surface area (Å²) >= 11 is 0. The molecule has 1 atom stereocenters. The summed E-state index contributed by atoms with van der Waals surface area (Å²) in [5.74, 6) is 0.711. The van der Waals surface area contributed by atoms with Crippen LogP contribution in [0.3, 0.4) is 0 Å². The van der Waals surface area contributed by atoms with Gasteiger partial charge in [0.15, 0.2) is 5.96 Å². The minimum absolute atomic E-state index is 0.00176. The lowest BCUT2D eigenvalue weighted by atomic mass is 9.63. The maximum absolute atomic E-state index is 12.1. The highest BCUT2D eigenvalue weighted by Gasteiger charge is 2.56. The molecule has 0 radical (unpaired) electrons. The number of rotatable bonds is 0. The van der Waals surface area contributed by atoms with E-state index in [0.717, 1.165) is 19.3 Å². The van der Waals surface area contributed by atoms with Gasteiger partial charge in [-0.2, -0.15) is 0 Å². The number of hydrogen-bond acceptors (Lipinski definition) is 2. The van der Waals surface area contributed by atoms with Crippen LogP contribution in [0.25, 0.3) is 0 Å². The van der Waals surface area contributed by atoms with E-state index in [0.29, 0.717) is 5.96 Å². The van der Waals surface area contributed by atoms with Crippen LogP contribution >= 0.6 is 0 Å². The smallest absolute Gasteiger partial charge is 0.252 e. The number of carbonyl (C=O) groups excluding carboxylic acids is 1. The zero-order chi connectivity index (χ0) is 11.1. The quantitative estimate of drug-likeness (QED) is 0.626. The first-order valence-corrected chi connectivity index (χ1v) is 5.58. The fourth-order valence-electron chi connectivity index (χ4n) is 2.78. The Morgan fingerprint density at radius 3 is 2.47 bits per heavy atom. The van der Waals surface area contributed by atoms with E-state index in [-0.39, 0.29) is 11.3 Å². The molecule has 1 unspecified atom stereocenters. The van der Waals surface area contributed by atoms with E-state index >= 15 is 0 Å². The van der Waals surface area contributed by atoms with Crippen LogP contribution in [0.5, 0.6) is 0 Å². The van der Waals surface area contributed by atoms with Gasteiger partial charge < -0.3 is 5.32 Å². The van der Waals surface area contributed by atoms with E-state index in [4.69, 9.17) is 0 Å². The summed E-state index contributed by atoms with van der Waals surface area (Å²) in [7, 11) is 1.69. The number of carbonyl (C=O) groups is 1. The molecule has 0 aromatic rings. The highest BCUT2D eigenvalue weighted by molar-refractivity contribution is 6.09. The van der Waals surface area contributed by atoms with E-state index in [9.17, 15) is 4.79 Å². The van der Waals surface area contributed by atoms with Gasteiger partial charge in [-0.3, -0.25) is 15.1 Å². The normalized spacial score (nSPS) is 36.7. The number of nitrogens with zero attached hydrogens (tertiary/aromatic N) is 1. The van der Waals surface area contributed by atoms with Crippen molar-refractivity contribution >= 4 is 11.9 Å². The van der Waals surface area contributed by atoms with Crippen molar-refractivity contribution in [3.8, 4) is 0 Å². The summed E-state index contributed by atoms with van der Waals surface area (Å²) in [6, 6.07) is 0. The molecule has 1 heterocycles. The Morgan fingerprint density at radius 1 is 1.27 bits per heavy atom. The molecule has 1 aliphatic heterocycles. The largest absolute Gasteiger partial charge is 0.341 e. The molecule has 2 aliphatic rings. The van der Waals surface area contributed by atoms with Crippen LogP contribution in [0.4, 0.5) is 0 Å². The van der Waals surface area contributed by atoms with Gasteiger partial charge in [0, 0.05) is 7.05 Å². The lowest BCUT2D eigenvalue weighted by Crippen LogP contribution is -2.59. The van der Waals surface area contributed by atoms with Gasteiger partial charge in [0.05, 0.1) is 0 Å². The molecule has 2 rings (SSSR count). The van der Waals surface area contributed by atoms with E-state index < -0.39 is 5.54 Å². The van der Waals surface area contributed by atoms with E-state index in [1.54, 1.807) is 7.05 Å². The Labute approximate surface area is 90.5 Å². The third kappa shape index (κ3) is 1.34. The first kappa shape index (κ1) is 10.5. The molecule has 0 aromatic carbocycles. The van der Waals surface area contributed by atoms with E-state index in [2.05, 4.69) is 29.5 Å². The molecule has 1 saturated heterocycles. The number of amides is 1. The Kier molecular flexibility index (Phi) is 2.24. The van der Waals surface area contributed by atoms with Crippen molar-refractivity contribution in [2.45, 2.75) is 45.1 Å². The van der Waals surface area contributed by atoms with Gasteiger partial charge >= 0.3 is 0 Å². The maximum Gasteiger partial charge on any atom is 0.252 e. The average molecular weight is 209 g/mol. The van der Waals surface area contributed by atoms with Gasteiger partial charge in [-0.05, 0) is 18.3 Å². The first-order chi connectivity index (χ1) is 7.02. The van der Waals surface area contributed by atoms with Gasteiger partial charge in [-0.25, -0.2) is 0 Å². The molecule has 1 saturated carbocycles. The number of guanidine groups is 1. The third-order valence-electron chi connectivity index (χ3n) is 3.93. The van der Waals surface area contributed by atoms with Crippen molar-refractivity contribution in [2.24, 2.45) is 10.4 Å². The molecule has 4 heteroatoms. The Hall–Kier alpha value is -1.06. The Morgan fingerprint density at radius 2 is 1.93 bits per heavy atom. The molecule has 1 amide bonds. The third-order valence-corrected chi connectivity index (χ3v) is 3.93. The minimum atomic E-state index is -0.430. The minimum Gasteiger partial charge on any atom is -0.341 e. The molecule has 2 N–H and O–H groups in total. The topological polar surface area (TPSA) is 53.5 Å². The van der Waals surface area contributed by atoms with Crippen molar-refractivity contribution in [3.63, 3.8) is 0 Å². The summed E-state index contributed by atoms with van der Waals surface area (Å²) in [5, 5.41) is 6.11. The molecule has 15 heavy (non-hydrogen) atoms. The highest BCUT2D eigenvalue weighted by Crippen LogP contribution is 2.45. The summed E-state index contributed by atoms with van der Waals surface area (Å²) < 4.78 is 0. The SMILES string of the molecule is CN=C1NC(=O)C2(CCCCC2(C)C)N1. The van der Waals surface area contributed by atoms with Crippen LogP contribution in [-0.2, 0) is 4.79 Å². The second-order valence-electron chi connectivity index (χ2n) is 5.15. The van der Waals surface area contributed by atoms with Crippen molar-refractivity contribution in [1.29, 1.82) is 0 Å². The predicted octanol–water partition coefficient (Wildman–Crippen LogP) is 1.03. The lowest BCUT2D eigenvalue weighted by molar-refractivity contribution is -0.130. The van der Waals surface area contributed by atoms with Crippen molar-refractivity contribution in [1.82, 2.24) is 10.6 Å². The molecule has 0 aromatic heterocycles. The number of nitrogens with one attached hydrogen (secondary N) is 2. The predicted molar refractivity (Wildman–Crippen MR) is 59.6 cm³/mol. The molecular formula is C11H19N3O. The zero-order valence-electron chi connectivity index (χ0n) is 9.68. The van der Waals surface area contributed by atoms with Gasteiger partial charge in [0.25, 0.3) is 5.91 Å². The zero-order valence-corrected chi connectivity index (χ0v) is 9.68. The molecule has 0 bridgehead atoms. The van der Waals surface area contributed by atoms with Crippen LogP contribution in [0.15, 0.2) is 4.99 Å². The second-order valence-corrected chi connectivity index (χ2v) is 5.15. The monoisotopic (exact) mass is 209 g/mol. The molecule has 2 fully saturated rings. The fraction of sp³-hybridized carbons (Fsp3) is 0.818. The van der Waals surface area contributed by atoms with Crippen LogP contribution in [0.1, 0.15) is 39.5 Å². The van der Waals surface area contributed by atoms with Crippen LogP contribution in [0.2, 0.25) is 0 Å². The van der Waals surface area contributed by atoms with Crippen molar-refractivity contribution < 1.29 is 4.79 Å². The van der Waals surface area contributed by atoms with Crippen LogP contribution in [0, 0.1) is 5.41 Å². The van der Waals surface area contributed by atoms with Gasteiger partial charge in [0.1, 0.15) is 5.54 Å². The molecule has 1 aliphatic carbocycles. The Bertz CT molecular complexity index is 322. The molecule has 1 spiro atoms. The molecule has 84 valence electrons. The molecule has 4 nitrogen and oxygen atoms in total. The number of hydrogen-bond donors (Lipinski definition) is 2. The standard InChI is InChI=1S/C11H19N3O/c1-10(2)6-4-5-7-11(10)8(15)13-9(12-3)14-11/h4-7H2,1-3H3,(H2,12,13,14,15). The van der Waals surface area contributed by atoms with Gasteiger partial charge in [-0.1, -0.05) is 26.7 Å². The summed E-state index contributed by atoms with van der Waals surface area (Å²) in [5.41, 5.74) is -0.429. The first-order valence-electron chi connectivity index (χ1n) is 5.58. The van der Waals surface area contributed by atoms with E-state index in [1.807, 2.05) is 0 Å². The number of aliphatic imine (C=N–C) groups is 1. The summed E-state index contributed by atoms with van der Waals surface area (Å²) in [6.07, 6.45) is 4.32. The fourth-order valence-corrected chi connectivity index (χ4v) is 2.78. The summed E-state index contributed by atoms with van der Waals surface area (Å²) in [6.45, 7) is 4.33. The van der Waals surface area contributed by atoms with E-state index in [1.165, 1.54) is 6.42 Å². The van der Waals surface area contributed by atoms with Gasteiger partial charge in [0.2, 0.25) is 0 Å². The van der Waals surface area contributed by atoms with Crippen molar-refractivity contribution in [2.75, 3.05) is 7.05 Å². The Balaban J connectivity index is 2.36. The average Bonchev–Trinajstić information content (AvgIpc) is 2.50. The highest BCUT2D eigenvalue weighted by atomic mass is 16.2. The molecular weight excluding hydrogens is 190 g/mol. The van der Waals surface area contributed by atoms with Crippen LogP contribution < -0.4 is 10.6 Å². The van der Waals surface area contributed by atoms with Gasteiger partial charge in [-0.15, -0.1) is 0 Å². The lowest BCUT2D eigenvalue weighted by Gasteiger charge is -2.45.